The fourth-order valence-electron chi connectivity index (χ4n) is 0.862. The van der Waals surface area contributed by atoms with Crippen molar-refractivity contribution in [3.05, 3.63) is 30.1 Å². The average molecular weight is 173 g/mol. The van der Waals surface area contributed by atoms with Crippen LogP contribution < -0.4 is 4.57 Å². The van der Waals surface area contributed by atoms with Crippen LogP contribution in [-0.2, 0) is 13.5 Å². The largest absolute Gasteiger partial charge is 0.377 e. The van der Waals surface area contributed by atoms with Crippen molar-refractivity contribution in [1.29, 1.82) is 0 Å². The van der Waals surface area contributed by atoms with Gasteiger partial charge >= 0.3 is 0 Å². The van der Waals surface area contributed by atoms with E-state index in [-0.39, 0.29) is 0 Å². The quantitative estimate of drug-likeness (QED) is 0.513. The fraction of sp³-hybridized carbons (Fsp3) is 0.375. The van der Waals surface area contributed by atoms with E-state index in [0.717, 1.165) is 5.56 Å². The lowest BCUT2D eigenvalue weighted by molar-refractivity contribution is -0.671. The number of pyridine rings is 1. The third kappa shape index (κ3) is 2.87. The van der Waals surface area contributed by atoms with Gasteiger partial charge in [-0.2, -0.15) is 0 Å². The Kier molecular flexibility index (Phi) is 2.85. The summed E-state index contributed by atoms with van der Waals surface area (Å²) < 4.78 is 1.93. The molecule has 60 valence electrons. The monoisotopic (exact) mass is 172 g/mol. The molecular weight excluding hydrogens is 162 g/mol. The molecule has 1 aromatic heterocycles. The van der Waals surface area contributed by atoms with Crippen LogP contribution in [0.3, 0.4) is 0 Å². The Morgan fingerprint density at radius 1 is 1.55 bits per heavy atom. The highest BCUT2D eigenvalue weighted by Crippen LogP contribution is 2.02. The van der Waals surface area contributed by atoms with Gasteiger partial charge in [0.05, 0.1) is 0 Å². The van der Waals surface area contributed by atoms with E-state index in [1.54, 1.807) is 0 Å². The third-order valence-corrected chi connectivity index (χ3v) is 1.61. The predicted octanol–water partition coefficient (Wildman–Crippen LogP) is 0.611. The molecule has 0 spiro atoms. The molecule has 0 amide bonds. The van der Waals surface area contributed by atoms with Crippen LogP contribution in [0.15, 0.2) is 24.5 Å². The van der Waals surface area contributed by atoms with Crippen LogP contribution in [0.5, 0.6) is 0 Å². The molecule has 11 heavy (non-hydrogen) atoms. The van der Waals surface area contributed by atoms with Gasteiger partial charge in [0.2, 0.25) is 0 Å². The molecule has 1 heterocycles. The maximum atomic E-state index is 8.83. The van der Waals surface area contributed by atoms with Crippen molar-refractivity contribution >= 4 is 11.6 Å². The fourth-order valence-corrected chi connectivity index (χ4v) is 1.04. The van der Waals surface area contributed by atoms with Crippen molar-refractivity contribution in [1.82, 2.24) is 0 Å². The molecule has 0 saturated carbocycles. The number of aliphatic hydroxyl groups is 1. The first-order chi connectivity index (χ1) is 5.18. The van der Waals surface area contributed by atoms with Gasteiger partial charge in [-0.25, -0.2) is 4.57 Å². The highest BCUT2D eigenvalue weighted by molar-refractivity contribution is 6.19. The Bertz CT molecular complexity index is 220. The number of hydrogen-bond donors (Lipinski definition) is 1. The summed E-state index contributed by atoms with van der Waals surface area (Å²) in [6.07, 6.45) is 4.35. The van der Waals surface area contributed by atoms with Crippen molar-refractivity contribution in [3.63, 3.8) is 0 Å². The first-order valence-corrected chi connectivity index (χ1v) is 3.88. The SMILES string of the molecule is C[n+]1ccc(CC(O)Cl)cc1. The lowest BCUT2D eigenvalue weighted by atomic mass is 10.2. The molecule has 1 atom stereocenters. The van der Waals surface area contributed by atoms with E-state index in [9.17, 15) is 0 Å². The summed E-state index contributed by atoms with van der Waals surface area (Å²) >= 11 is 5.40. The Morgan fingerprint density at radius 3 is 2.55 bits per heavy atom. The second kappa shape index (κ2) is 3.69. The minimum atomic E-state index is -0.775. The zero-order chi connectivity index (χ0) is 8.27. The smallest absolute Gasteiger partial charge is 0.168 e. The highest BCUT2D eigenvalue weighted by atomic mass is 35.5. The molecular formula is C8H11ClNO+. The van der Waals surface area contributed by atoms with Gasteiger partial charge in [-0.3, -0.25) is 0 Å². The van der Waals surface area contributed by atoms with Gasteiger partial charge in [-0.15, -0.1) is 0 Å². The van der Waals surface area contributed by atoms with Crippen LogP contribution in [0.25, 0.3) is 0 Å². The number of halogens is 1. The van der Waals surface area contributed by atoms with Gasteiger partial charge in [0, 0.05) is 18.6 Å². The van der Waals surface area contributed by atoms with Gasteiger partial charge in [-0.05, 0) is 5.56 Å². The van der Waals surface area contributed by atoms with E-state index in [1.807, 2.05) is 36.1 Å². The van der Waals surface area contributed by atoms with E-state index < -0.39 is 5.56 Å². The Balaban J connectivity index is 2.66. The van der Waals surface area contributed by atoms with E-state index in [2.05, 4.69) is 0 Å². The summed E-state index contributed by atoms with van der Waals surface area (Å²) in [5, 5.41) is 8.83. The van der Waals surface area contributed by atoms with Gasteiger partial charge in [-0.1, -0.05) is 11.6 Å². The average Bonchev–Trinajstić information content (AvgIpc) is 1.93. The standard InChI is InChI=1S/C8H11ClNO/c1-10-4-2-7(3-5-10)6-8(9)11/h2-5,8,11H,6H2,1H3/q+1. The van der Waals surface area contributed by atoms with E-state index in [1.165, 1.54) is 0 Å². The summed E-state index contributed by atoms with van der Waals surface area (Å²) in [6, 6.07) is 3.87. The number of rotatable bonds is 2. The molecule has 3 heteroatoms. The molecule has 0 saturated heterocycles. The Hall–Kier alpha value is -0.600. The minimum Gasteiger partial charge on any atom is -0.377 e. The van der Waals surface area contributed by atoms with Gasteiger partial charge in [0.1, 0.15) is 12.6 Å². The van der Waals surface area contributed by atoms with Gasteiger partial charge in [0.25, 0.3) is 0 Å². The Morgan fingerprint density at radius 2 is 2.09 bits per heavy atom. The molecule has 1 aromatic rings. The van der Waals surface area contributed by atoms with Crippen LogP contribution in [0, 0.1) is 0 Å². The molecule has 0 radical (unpaired) electrons. The number of nitrogens with zero attached hydrogens (tertiary/aromatic N) is 1. The topological polar surface area (TPSA) is 24.1 Å². The summed E-state index contributed by atoms with van der Waals surface area (Å²) in [5.41, 5.74) is 0.272. The van der Waals surface area contributed by atoms with Crippen molar-refractivity contribution in [2.75, 3.05) is 0 Å². The van der Waals surface area contributed by atoms with Crippen LogP contribution in [0.4, 0.5) is 0 Å². The molecule has 1 rings (SSSR count). The van der Waals surface area contributed by atoms with Gasteiger partial charge < -0.3 is 5.11 Å². The second-order valence-electron chi connectivity index (χ2n) is 2.51. The summed E-state index contributed by atoms with van der Waals surface area (Å²) in [7, 11) is 1.95. The van der Waals surface area contributed by atoms with Crippen LogP contribution in [0.2, 0.25) is 0 Å². The van der Waals surface area contributed by atoms with E-state index in [4.69, 9.17) is 16.7 Å². The molecule has 0 aliphatic heterocycles. The zero-order valence-corrected chi connectivity index (χ0v) is 7.12. The Labute approximate surface area is 71.1 Å². The lowest BCUT2D eigenvalue weighted by Gasteiger charge is -1.99. The third-order valence-electron chi connectivity index (χ3n) is 1.45. The molecule has 1 unspecified atom stereocenters. The van der Waals surface area contributed by atoms with Crippen LogP contribution in [0.1, 0.15) is 5.56 Å². The maximum absolute atomic E-state index is 8.83. The molecule has 0 aliphatic carbocycles. The number of aryl methyl sites for hydroxylation is 1. The van der Waals surface area contributed by atoms with E-state index in [0.29, 0.717) is 6.42 Å². The number of aromatic nitrogens is 1. The van der Waals surface area contributed by atoms with Crippen molar-refractivity contribution < 1.29 is 9.67 Å². The minimum absolute atomic E-state index is 0.502. The predicted molar refractivity (Wildman–Crippen MR) is 43.2 cm³/mol. The molecule has 0 aliphatic rings. The lowest BCUT2D eigenvalue weighted by Crippen LogP contribution is -2.26. The van der Waals surface area contributed by atoms with Crippen LogP contribution >= 0.6 is 11.6 Å². The summed E-state index contributed by atoms with van der Waals surface area (Å²) in [5.74, 6) is 0. The van der Waals surface area contributed by atoms with E-state index >= 15 is 0 Å². The first kappa shape index (κ1) is 8.50. The summed E-state index contributed by atoms with van der Waals surface area (Å²) in [6.45, 7) is 0. The van der Waals surface area contributed by atoms with Crippen molar-refractivity contribution in [2.24, 2.45) is 7.05 Å². The first-order valence-electron chi connectivity index (χ1n) is 3.45. The number of alkyl halides is 1. The summed E-state index contributed by atoms with van der Waals surface area (Å²) in [4.78, 5) is 0. The number of aliphatic hydroxyl groups excluding tert-OH is 1. The molecule has 0 bridgehead atoms. The van der Waals surface area contributed by atoms with Gasteiger partial charge in [0.15, 0.2) is 12.4 Å². The highest BCUT2D eigenvalue weighted by Gasteiger charge is 2.01. The maximum Gasteiger partial charge on any atom is 0.168 e. The zero-order valence-electron chi connectivity index (χ0n) is 6.37. The molecule has 1 N–H and O–H groups in total. The van der Waals surface area contributed by atoms with Crippen molar-refractivity contribution in [3.8, 4) is 0 Å². The van der Waals surface area contributed by atoms with Crippen molar-refractivity contribution in [2.45, 2.75) is 12.0 Å². The normalized spacial score (nSPS) is 13.0. The number of hydrogen-bond acceptors (Lipinski definition) is 1. The van der Waals surface area contributed by atoms with Crippen LogP contribution in [-0.4, -0.2) is 10.7 Å². The second-order valence-corrected chi connectivity index (χ2v) is 3.01. The molecule has 0 fully saturated rings. The molecule has 2 nitrogen and oxygen atoms in total. The molecule has 0 aromatic carbocycles.